The summed E-state index contributed by atoms with van der Waals surface area (Å²) in [7, 11) is 2.10. The van der Waals surface area contributed by atoms with Crippen molar-refractivity contribution >= 4 is 17.7 Å². The molecular weight excluding hydrogens is 324 g/mol. The summed E-state index contributed by atoms with van der Waals surface area (Å²) < 4.78 is 0. The summed E-state index contributed by atoms with van der Waals surface area (Å²) in [5.41, 5.74) is 4.83. The Morgan fingerprint density at radius 3 is 2.42 bits per heavy atom. The van der Waals surface area contributed by atoms with Crippen molar-refractivity contribution in [2.45, 2.75) is 6.92 Å². The average molecular weight is 350 g/mol. The molecule has 4 rings (SSSR count). The monoisotopic (exact) mass is 350 g/mol. The number of aryl methyl sites for hydroxylation is 1. The van der Waals surface area contributed by atoms with E-state index in [0.717, 1.165) is 51.0 Å². The van der Waals surface area contributed by atoms with Crippen LogP contribution < -0.4 is 15.1 Å². The molecule has 6 nitrogen and oxygen atoms in total. The van der Waals surface area contributed by atoms with E-state index >= 15 is 0 Å². The number of anilines is 2. The van der Waals surface area contributed by atoms with Gasteiger partial charge in [0, 0.05) is 57.4 Å². The Bertz CT molecular complexity index is 777. The third kappa shape index (κ3) is 3.65. The molecule has 1 N–H and O–H groups in total. The molecule has 2 aliphatic heterocycles. The van der Waals surface area contributed by atoms with Crippen molar-refractivity contribution in [3.8, 4) is 0 Å². The molecule has 0 aliphatic carbocycles. The average Bonchev–Trinajstić information content (AvgIpc) is 3.07. The maximum atomic E-state index is 4.77. The number of benzene rings is 1. The Kier molecular flexibility index (Phi) is 4.75. The van der Waals surface area contributed by atoms with Crippen LogP contribution in [0.2, 0.25) is 0 Å². The number of aromatic nitrogens is 2. The molecule has 0 atom stereocenters. The largest absolute Gasteiger partial charge is 0.368 e. The van der Waals surface area contributed by atoms with Crippen molar-refractivity contribution in [1.29, 1.82) is 0 Å². The van der Waals surface area contributed by atoms with E-state index in [4.69, 9.17) is 4.98 Å². The lowest BCUT2D eigenvalue weighted by molar-refractivity contribution is 0.469. The molecule has 26 heavy (non-hydrogen) atoms. The SMILES string of the molecule is Cc1ccc(N2CCN(c3nccc(C=C4CNCN4C)n3)CC2)cc1. The third-order valence-electron chi connectivity index (χ3n) is 5.09. The van der Waals surface area contributed by atoms with Gasteiger partial charge in [0.05, 0.1) is 12.4 Å². The van der Waals surface area contributed by atoms with Crippen LogP contribution in [0, 0.1) is 6.92 Å². The van der Waals surface area contributed by atoms with Gasteiger partial charge in [0.2, 0.25) is 5.95 Å². The van der Waals surface area contributed by atoms with E-state index in [0.29, 0.717) is 0 Å². The first-order chi connectivity index (χ1) is 12.7. The fraction of sp³-hybridized carbons (Fsp3) is 0.400. The molecule has 2 saturated heterocycles. The first-order valence-electron chi connectivity index (χ1n) is 9.21. The summed E-state index contributed by atoms with van der Waals surface area (Å²) in [4.78, 5) is 16.2. The first kappa shape index (κ1) is 16.8. The number of nitrogens with zero attached hydrogens (tertiary/aromatic N) is 5. The Hall–Kier alpha value is -2.60. The highest BCUT2D eigenvalue weighted by Crippen LogP contribution is 2.19. The molecule has 0 amide bonds. The van der Waals surface area contributed by atoms with Crippen molar-refractivity contribution in [1.82, 2.24) is 20.2 Å². The molecule has 3 heterocycles. The fourth-order valence-corrected chi connectivity index (χ4v) is 3.43. The maximum absolute atomic E-state index is 4.77. The summed E-state index contributed by atoms with van der Waals surface area (Å²) >= 11 is 0. The zero-order valence-electron chi connectivity index (χ0n) is 15.5. The van der Waals surface area contributed by atoms with Crippen LogP contribution >= 0.6 is 0 Å². The van der Waals surface area contributed by atoms with Crippen LogP contribution in [0.5, 0.6) is 0 Å². The van der Waals surface area contributed by atoms with Gasteiger partial charge in [-0.15, -0.1) is 0 Å². The summed E-state index contributed by atoms with van der Waals surface area (Å²) in [5, 5.41) is 3.34. The second-order valence-electron chi connectivity index (χ2n) is 7.01. The van der Waals surface area contributed by atoms with E-state index in [2.05, 4.69) is 69.3 Å². The first-order valence-corrected chi connectivity index (χ1v) is 9.21. The van der Waals surface area contributed by atoms with Gasteiger partial charge in [-0.25, -0.2) is 9.97 Å². The lowest BCUT2D eigenvalue weighted by Crippen LogP contribution is -2.47. The van der Waals surface area contributed by atoms with Gasteiger partial charge in [-0.2, -0.15) is 0 Å². The van der Waals surface area contributed by atoms with Gasteiger partial charge in [-0.1, -0.05) is 17.7 Å². The minimum absolute atomic E-state index is 0.830. The number of nitrogens with one attached hydrogen (secondary N) is 1. The fourth-order valence-electron chi connectivity index (χ4n) is 3.43. The molecule has 136 valence electrons. The normalized spacial score (nSPS) is 19.5. The highest BCUT2D eigenvalue weighted by molar-refractivity contribution is 5.52. The lowest BCUT2D eigenvalue weighted by atomic mass is 10.2. The van der Waals surface area contributed by atoms with E-state index in [9.17, 15) is 0 Å². The van der Waals surface area contributed by atoms with E-state index < -0.39 is 0 Å². The van der Waals surface area contributed by atoms with Crippen molar-refractivity contribution in [3.05, 3.63) is 53.5 Å². The quantitative estimate of drug-likeness (QED) is 0.913. The van der Waals surface area contributed by atoms with Crippen LogP contribution in [0.3, 0.4) is 0 Å². The molecule has 6 heteroatoms. The van der Waals surface area contributed by atoms with E-state index in [1.165, 1.54) is 16.9 Å². The summed E-state index contributed by atoms with van der Waals surface area (Å²) in [5.74, 6) is 0.830. The van der Waals surface area contributed by atoms with Crippen LogP contribution in [0.15, 0.2) is 42.2 Å². The smallest absolute Gasteiger partial charge is 0.225 e. The van der Waals surface area contributed by atoms with E-state index in [-0.39, 0.29) is 0 Å². The van der Waals surface area contributed by atoms with Gasteiger partial charge in [0.15, 0.2) is 0 Å². The number of rotatable bonds is 3. The van der Waals surface area contributed by atoms with E-state index in [1.807, 2.05) is 12.3 Å². The summed E-state index contributed by atoms with van der Waals surface area (Å²) in [6, 6.07) is 10.7. The van der Waals surface area contributed by atoms with Gasteiger partial charge in [0.1, 0.15) is 0 Å². The minimum atomic E-state index is 0.830. The second kappa shape index (κ2) is 7.33. The standard InChI is InChI=1S/C20H26N6/c1-16-3-5-18(6-4-16)25-9-11-26(12-10-25)20-22-8-7-17(23-20)13-19-14-21-15-24(19)2/h3-8,13,21H,9-12,14-15H2,1-2H3. The molecule has 0 saturated carbocycles. The van der Waals surface area contributed by atoms with Crippen LogP contribution in [-0.4, -0.2) is 61.3 Å². The Morgan fingerprint density at radius 1 is 1.00 bits per heavy atom. The highest BCUT2D eigenvalue weighted by Gasteiger charge is 2.19. The van der Waals surface area contributed by atoms with Crippen molar-refractivity contribution in [3.63, 3.8) is 0 Å². The van der Waals surface area contributed by atoms with Gasteiger partial charge in [0.25, 0.3) is 0 Å². The Balaban J connectivity index is 1.43. The predicted molar refractivity (Wildman–Crippen MR) is 106 cm³/mol. The third-order valence-corrected chi connectivity index (χ3v) is 5.09. The zero-order valence-corrected chi connectivity index (χ0v) is 15.5. The lowest BCUT2D eigenvalue weighted by Gasteiger charge is -2.36. The maximum Gasteiger partial charge on any atom is 0.225 e. The number of piperazine rings is 1. The molecule has 2 aromatic rings. The number of likely N-dealkylation sites (N-methyl/N-ethyl adjacent to an activating group) is 1. The van der Waals surface area contributed by atoms with E-state index in [1.54, 1.807) is 0 Å². The number of hydrogen-bond acceptors (Lipinski definition) is 6. The molecule has 1 aromatic heterocycles. The van der Waals surface area contributed by atoms with Crippen molar-refractivity contribution < 1.29 is 0 Å². The molecule has 0 spiro atoms. The topological polar surface area (TPSA) is 47.5 Å². The molecule has 0 unspecified atom stereocenters. The van der Waals surface area contributed by atoms with Crippen LogP contribution in [-0.2, 0) is 0 Å². The van der Waals surface area contributed by atoms with Crippen LogP contribution in [0.4, 0.5) is 11.6 Å². The van der Waals surface area contributed by atoms with Gasteiger partial charge >= 0.3 is 0 Å². The second-order valence-corrected chi connectivity index (χ2v) is 7.01. The van der Waals surface area contributed by atoms with Crippen molar-refractivity contribution in [2.24, 2.45) is 0 Å². The molecule has 0 radical (unpaired) electrons. The number of hydrogen-bond donors (Lipinski definition) is 1. The zero-order chi connectivity index (χ0) is 17.9. The van der Waals surface area contributed by atoms with Crippen LogP contribution in [0.1, 0.15) is 11.3 Å². The summed E-state index contributed by atoms with van der Waals surface area (Å²) in [6.07, 6.45) is 4.01. The van der Waals surface area contributed by atoms with Crippen LogP contribution in [0.25, 0.3) is 6.08 Å². The van der Waals surface area contributed by atoms with Gasteiger partial charge in [-0.3, -0.25) is 5.32 Å². The molecular formula is C20H26N6. The molecule has 2 aliphatic rings. The molecule has 2 fully saturated rings. The van der Waals surface area contributed by atoms with Crippen molar-refractivity contribution in [2.75, 3.05) is 56.2 Å². The molecule has 0 bridgehead atoms. The van der Waals surface area contributed by atoms with Gasteiger partial charge in [-0.05, 0) is 31.2 Å². The Morgan fingerprint density at radius 2 is 1.73 bits per heavy atom. The summed E-state index contributed by atoms with van der Waals surface area (Å²) in [6.45, 7) is 7.77. The predicted octanol–water partition coefficient (Wildman–Crippen LogP) is 1.95. The Labute approximate surface area is 155 Å². The molecule has 1 aromatic carbocycles. The highest BCUT2D eigenvalue weighted by atomic mass is 15.3. The van der Waals surface area contributed by atoms with Gasteiger partial charge < -0.3 is 14.7 Å². The minimum Gasteiger partial charge on any atom is -0.368 e.